The van der Waals surface area contributed by atoms with Crippen molar-refractivity contribution in [2.75, 3.05) is 6.61 Å². The maximum Gasteiger partial charge on any atom is 0.0584 e. The van der Waals surface area contributed by atoms with E-state index in [1.54, 1.807) is 0 Å². The lowest BCUT2D eigenvalue weighted by Crippen LogP contribution is -2.34. The van der Waals surface area contributed by atoms with E-state index in [0.717, 1.165) is 19.3 Å². The van der Waals surface area contributed by atoms with E-state index in [-0.39, 0.29) is 12.6 Å². The molecule has 0 heterocycles. The number of benzene rings is 1. The summed E-state index contributed by atoms with van der Waals surface area (Å²) in [4.78, 5) is 0. The molecule has 1 aliphatic carbocycles. The third-order valence-corrected chi connectivity index (χ3v) is 3.28. The standard InChI is InChI=1S/C13H19NO/c1-2-11(9-15)14-13-8-7-10-5-3-4-6-12(10)13/h3-6,11,13-15H,2,7-9H2,1H3/t11-,13?/m1/s1. The van der Waals surface area contributed by atoms with Crippen LogP contribution in [0.4, 0.5) is 0 Å². The van der Waals surface area contributed by atoms with Gasteiger partial charge in [-0.25, -0.2) is 0 Å². The Labute approximate surface area is 91.3 Å². The molecule has 82 valence electrons. The zero-order valence-electron chi connectivity index (χ0n) is 9.24. The summed E-state index contributed by atoms with van der Waals surface area (Å²) in [5, 5.41) is 12.7. The monoisotopic (exact) mass is 205 g/mol. The first-order valence-electron chi connectivity index (χ1n) is 5.80. The number of rotatable bonds is 4. The fourth-order valence-electron chi connectivity index (χ4n) is 2.31. The van der Waals surface area contributed by atoms with Gasteiger partial charge in [0.25, 0.3) is 0 Å². The fraction of sp³-hybridized carbons (Fsp3) is 0.538. The van der Waals surface area contributed by atoms with Gasteiger partial charge < -0.3 is 10.4 Å². The molecule has 0 radical (unpaired) electrons. The Balaban J connectivity index is 2.07. The Morgan fingerprint density at radius 3 is 3.00 bits per heavy atom. The largest absolute Gasteiger partial charge is 0.395 e. The first kappa shape index (κ1) is 10.7. The summed E-state index contributed by atoms with van der Waals surface area (Å²) < 4.78 is 0. The molecule has 0 saturated carbocycles. The maximum atomic E-state index is 9.17. The second-order valence-corrected chi connectivity index (χ2v) is 4.24. The average molecular weight is 205 g/mol. The molecule has 15 heavy (non-hydrogen) atoms. The summed E-state index contributed by atoms with van der Waals surface area (Å²) in [5.41, 5.74) is 2.88. The molecular weight excluding hydrogens is 186 g/mol. The molecule has 1 aromatic rings. The molecule has 0 saturated heterocycles. The average Bonchev–Trinajstić information content (AvgIpc) is 2.69. The van der Waals surface area contributed by atoms with E-state index in [1.165, 1.54) is 11.1 Å². The minimum Gasteiger partial charge on any atom is -0.395 e. The molecule has 0 spiro atoms. The SMILES string of the molecule is CC[C@H](CO)NC1CCc2ccccc21. The predicted octanol–water partition coefficient (Wildman–Crippen LogP) is 2.03. The van der Waals surface area contributed by atoms with E-state index in [0.29, 0.717) is 6.04 Å². The molecule has 1 aliphatic rings. The number of hydrogen-bond donors (Lipinski definition) is 2. The van der Waals surface area contributed by atoms with Crippen molar-refractivity contribution in [2.45, 2.75) is 38.3 Å². The molecule has 2 heteroatoms. The second kappa shape index (κ2) is 4.77. The molecule has 1 aromatic carbocycles. The van der Waals surface area contributed by atoms with Crippen molar-refractivity contribution < 1.29 is 5.11 Å². The maximum absolute atomic E-state index is 9.17. The Kier molecular flexibility index (Phi) is 3.39. The van der Waals surface area contributed by atoms with Crippen molar-refractivity contribution >= 4 is 0 Å². The highest BCUT2D eigenvalue weighted by Gasteiger charge is 2.23. The highest BCUT2D eigenvalue weighted by molar-refractivity contribution is 5.34. The van der Waals surface area contributed by atoms with E-state index in [4.69, 9.17) is 0 Å². The lowest BCUT2D eigenvalue weighted by atomic mass is 10.1. The number of aryl methyl sites for hydroxylation is 1. The van der Waals surface area contributed by atoms with Crippen LogP contribution in [0.15, 0.2) is 24.3 Å². The van der Waals surface area contributed by atoms with Gasteiger partial charge in [-0.2, -0.15) is 0 Å². The van der Waals surface area contributed by atoms with Gasteiger partial charge in [0.15, 0.2) is 0 Å². The Bertz CT molecular complexity index is 320. The summed E-state index contributed by atoms with van der Waals surface area (Å²) in [6, 6.07) is 9.28. The molecule has 2 N–H and O–H groups in total. The molecule has 0 aliphatic heterocycles. The van der Waals surface area contributed by atoms with Crippen LogP contribution in [0.3, 0.4) is 0 Å². The van der Waals surface area contributed by atoms with Crippen LogP contribution in [-0.4, -0.2) is 17.8 Å². The number of fused-ring (bicyclic) bond motifs is 1. The number of aliphatic hydroxyl groups is 1. The number of hydrogen-bond acceptors (Lipinski definition) is 2. The zero-order valence-corrected chi connectivity index (χ0v) is 9.24. The van der Waals surface area contributed by atoms with E-state index in [9.17, 15) is 5.11 Å². The highest BCUT2D eigenvalue weighted by atomic mass is 16.3. The Hall–Kier alpha value is -0.860. The van der Waals surface area contributed by atoms with Gasteiger partial charge in [0, 0.05) is 12.1 Å². The van der Waals surface area contributed by atoms with E-state index < -0.39 is 0 Å². The lowest BCUT2D eigenvalue weighted by molar-refractivity contribution is 0.227. The lowest BCUT2D eigenvalue weighted by Gasteiger charge is -2.20. The molecule has 2 rings (SSSR count). The van der Waals surface area contributed by atoms with Crippen molar-refractivity contribution in [2.24, 2.45) is 0 Å². The van der Waals surface area contributed by atoms with Crippen LogP contribution in [0, 0.1) is 0 Å². The molecule has 1 unspecified atom stereocenters. The minimum absolute atomic E-state index is 0.231. The first-order chi connectivity index (χ1) is 7.35. The summed E-state index contributed by atoms with van der Waals surface area (Å²) in [5.74, 6) is 0. The zero-order chi connectivity index (χ0) is 10.7. The van der Waals surface area contributed by atoms with Crippen LogP contribution in [0.5, 0.6) is 0 Å². The van der Waals surface area contributed by atoms with Crippen molar-refractivity contribution in [3.8, 4) is 0 Å². The van der Waals surface area contributed by atoms with Crippen molar-refractivity contribution in [3.63, 3.8) is 0 Å². The molecule has 2 atom stereocenters. The van der Waals surface area contributed by atoms with Gasteiger partial charge in [-0.1, -0.05) is 31.2 Å². The van der Waals surface area contributed by atoms with E-state index in [1.807, 2.05) is 0 Å². The topological polar surface area (TPSA) is 32.3 Å². The number of aliphatic hydroxyl groups excluding tert-OH is 1. The van der Waals surface area contributed by atoms with Gasteiger partial charge in [0.05, 0.1) is 6.61 Å². The van der Waals surface area contributed by atoms with E-state index >= 15 is 0 Å². The summed E-state index contributed by atoms with van der Waals surface area (Å²) >= 11 is 0. The van der Waals surface area contributed by atoms with Crippen LogP contribution in [0.2, 0.25) is 0 Å². The molecule has 2 nitrogen and oxygen atoms in total. The van der Waals surface area contributed by atoms with Crippen LogP contribution in [0.1, 0.15) is 36.9 Å². The summed E-state index contributed by atoms with van der Waals surface area (Å²) in [7, 11) is 0. The van der Waals surface area contributed by atoms with Gasteiger partial charge in [0.2, 0.25) is 0 Å². The first-order valence-corrected chi connectivity index (χ1v) is 5.80. The fourth-order valence-corrected chi connectivity index (χ4v) is 2.31. The van der Waals surface area contributed by atoms with Gasteiger partial charge in [-0.3, -0.25) is 0 Å². The summed E-state index contributed by atoms with van der Waals surface area (Å²) in [6.07, 6.45) is 3.31. The third-order valence-electron chi connectivity index (χ3n) is 3.28. The Morgan fingerprint density at radius 2 is 2.27 bits per heavy atom. The third kappa shape index (κ3) is 2.21. The van der Waals surface area contributed by atoms with Crippen molar-refractivity contribution in [1.82, 2.24) is 5.32 Å². The highest BCUT2D eigenvalue weighted by Crippen LogP contribution is 2.31. The Morgan fingerprint density at radius 1 is 1.47 bits per heavy atom. The van der Waals surface area contributed by atoms with Crippen LogP contribution in [-0.2, 0) is 6.42 Å². The number of nitrogens with one attached hydrogen (secondary N) is 1. The quantitative estimate of drug-likeness (QED) is 0.788. The van der Waals surface area contributed by atoms with Crippen molar-refractivity contribution in [3.05, 3.63) is 35.4 Å². The van der Waals surface area contributed by atoms with Crippen LogP contribution in [0.25, 0.3) is 0 Å². The van der Waals surface area contributed by atoms with Crippen LogP contribution >= 0.6 is 0 Å². The molecule has 0 aromatic heterocycles. The smallest absolute Gasteiger partial charge is 0.0584 e. The molecular formula is C13H19NO. The second-order valence-electron chi connectivity index (χ2n) is 4.24. The normalized spacial score (nSPS) is 21.3. The van der Waals surface area contributed by atoms with Gasteiger partial charge in [-0.15, -0.1) is 0 Å². The molecule has 0 fully saturated rings. The van der Waals surface area contributed by atoms with Gasteiger partial charge in [-0.05, 0) is 30.4 Å². The minimum atomic E-state index is 0.231. The molecule has 0 amide bonds. The van der Waals surface area contributed by atoms with Gasteiger partial charge in [0.1, 0.15) is 0 Å². The van der Waals surface area contributed by atoms with Gasteiger partial charge >= 0.3 is 0 Å². The van der Waals surface area contributed by atoms with Crippen LogP contribution < -0.4 is 5.32 Å². The molecule has 0 bridgehead atoms. The van der Waals surface area contributed by atoms with E-state index in [2.05, 4.69) is 36.5 Å². The predicted molar refractivity (Wildman–Crippen MR) is 61.8 cm³/mol. The summed E-state index contributed by atoms with van der Waals surface area (Å²) in [6.45, 7) is 2.34. The van der Waals surface area contributed by atoms with Crippen molar-refractivity contribution in [1.29, 1.82) is 0 Å².